The van der Waals surface area contributed by atoms with Crippen molar-refractivity contribution in [3.05, 3.63) is 59.5 Å². The molecule has 0 saturated carbocycles. The van der Waals surface area contributed by atoms with Crippen LogP contribution in [-0.2, 0) is 19.4 Å². The molecule has 2 aromatic rings. The predicted molar refractivity (Wildman–Crippen MR) is 97.7 cm³/mol. The summed E-state index contributed by atoms with van der Waals surface area (Å²) in [6.45, 7) is 7.48. The van der Waals surface area contributed by atoms with Crippen LogP contribution in [0.25, 0.3) is 0 Å². The molecule has 0 N–H and O–H groups in total. The van der Waals surface area contributed by atoms with Gasteiger partial charge in [-0.15, -0.1) is 0 Å². The molecule has 0 radical (unpaired) electrons. The van der Waals surface area contributed by atoms with Crippen LogP contribution in [0.3, 0.4) is 0 Å². The fraction of sp³-hybridized carbons (Fsp3) is 0.524. The number of hydrogen-bond donors (Lipinski definition) is 0. The van der Waals surface area contributed by atoms with Gasteiger partial charge in [0, 0.05) is 6.42 Å². The number of aryl methyl sites for hydroxylation is 2. The maximum Gasteiger partial charge on any atom is 0.118 e. The highest BCUT2D eigenvalue weighted by Crippen LogP contribution is 2.14. The van der Waals surface area contributed by atoms with Gasteiger partial charge in [0.1, 0.15) is 11.5 Å². The lowest BCUT2D eigenvalue weighted by atomic mass is 10.1. The first-order chi connectivity index (χ1) is 11.3. The Morgan fingerprint density at radius 1 is 0.739 bits per heavy atom. The van der Waals surface area contributed by atoms with Crippen LogP contribution in [0.15, 0.2) is 46.9 Å². The van der Waals surface area contributed by atoms with Crippen LogP contribution in [0, 0.1) is 0 Å². The lowest BCUT2D eigenvalue weighted by molar-refractivity contribution is 0.265. The quantitative estimate of drug-likeness (QED) is 0.512. The fourth-order valence-electron chi connectivity index (χ4n) is 2.94. The van der Waals surface area contributed by atoms with E-state index in [-0.39, 0.29) is 0 Å². The molecule has 0 atom stereocenters. The van der Waals surface area contributed by atoms with Gasteiger partial charge in [-0.3, -0.25) is 4.90 Å². The molecule has 0 fully saturated rings. The number of rotatable bonds is 11. The van der Waals surface area contributed by atoms with Crippen molar-refractivity contribution >= 4 is 0 Å². The number of nitrogens with zero attached hydrogens (tertiary/aromatic N) is 1. The summed E-state index contributed by atoms with van der Waals surface area (Å²) in [6, 6.07) is 15.1. The molecule has 0 aliphatic heterocycles. The third-order valence-corrected chi connectivity index (χ3v) is 4.47. The zero-order valence-corrected chi connectivity index (χ0v) is 14.8. The van der Waals surface area contributed by atoms with E-state index in [9.17, 15) is 0 Å². The van der Waals surface area contributed by atoms with Crippen LogP contribution in [0.2, 0.25) is 0 Å². The van der Waals surface area contributed by atoms with Crippen LogP contribution >= 0.6 is 0 Å². The van der Waals surface area contributed by atoms with Crippen molar-refractivity contribution in [3.63, 3.8) is 0 Å². The number of furan rings is 1. The molecule has 0 saturated heterocycles. The normalized spacial score (nSPS) is 11.3. The average molecular weight is 313 g/mol. The van der Waals surface area contributed by atoms with Crippen molar-refractivity contribution in [2.24, 2.45) is 0 Å². The first kappa shape index (κ1) is 17.8. The second-order valence-electron chi connectivity index (χ2n) is 6.23. The molecule has 23 heavy (non-hydrogen) atoms. The van der Waals surface area contributed by atoms with Gasteiger partial charge in [-0.25, -0.2) is 0 Å². The smallest absolute Gasteiger partial charge is 0.118 e. The van der Waals surface area contributed by atoms with Gasteiger partial charge in [-0.2, -0.15) is 0 Å². The topological polar surface area (TPSA) is 16.4 Å². The summed E-state index contributed by atoms with van der Waals surface area (Å²) in [4.78, 5) is 2.38. The molecule has 0 spiro atoms. The van der Waals surface area contributed by atoms with Crippen LogP contribution < -0.4 is 0 Å². The first-order valence-corrected chi connectivity index (χ1v) is 9.15. The Bertz CT molecular complexity index is 528. The number of hydrogen-bond acceptors (Lipinski definition) is 2. The van der Waals surface area contributed by atoms with E-state index in [1.54, 1.807) is 0 Å². The molecule has 0 aliphatic carbocycles. The molecule has 1 aromatic carbocycles. The Balaban J connectivity index is 1.58. The molecule has 2 rings (SSSR count). The largest absolute Gasteiger partial charge is 0.465 e. The van der Waals surface area contributed by atoms with Crippen LogP contribution in [-0.4, -0.2) is 18.0 Å². The second-order valence-corrected chi connectivity index (χ2v) is 6.23. The maximum atomic E-state index is 5.95. The minimum Gasteiger partial charge on any atom is -0.465 e. The van der Waals surface area contributed by atoms with Crippen molar-refractivity contribution in [2.45, 2.75) is 58.9 Å². The minimum atomic E-state index is 0.935. The van der Waals surface area contributed by atoms with Gasteiger partial charge < -0.3 is 4.42 Å². The Morgan fingerprint density at radius 3 is 2.09 bits per heavy atom. The summed E-state index contributed by atoms with van der Waals surface area (Å²) in [5.41, 5.74) is 1.46. The lowest BCUT2D eigenvalue weighted by Crippen LogP contribution is -2.21. The van der Waals surface area contributed by atoms with Gasteiger partial charge >= 0.3 is 0 Å². The van der Waals surface area contributed by atoms with Crippen molar-refractivity contribution in [2.75, 3.05) is 13.1 Å². The zero-order valence-electron chi connectivity index (χ0n) is 14.8. The molecule has 0 bridgehead atoms. The van der Waals surface area contributed by atoms with E-state index < -0.39 is 0 Å². The SMILES string of the molecule is CCN(CC)Cc1ccc(CCCCCCc2ccccc2)o1. The first-order valence-electron chi connectivity index (χ1n) is 9.15. The van der Waals surface area contributed by atoms with Crippen molar-refractivity contribution < 1.29 is 4.42 Å². The highest BCUT2D eigenvalue weighted by molar-refractivity contribution is 5.14. The molecule has 2 nitrogen and oxygen atoms in total. The monoisotopic (exact) mass is 313 g/mol. The van der Waals surface area contributed by atoms with E-state index in [0.29, 0.717) is 0 Å². The van der Waals surface area contributed by atoms with Crippen LogP contribution in [0.5, 0.6) is 0 Å². The van der Waals surface area contributed by atoms with E-state index in [4.69, 9.17) is 4.42 Å². The molecule has 1 heterocycles. The van der Waals surface area contributed by atoms with Gasteiger partial charge in [0.05, 0.1) is 6.54 Å². The lowest BCUT2D eigenvalue weighted by Gasteiger charge is -2.15. The van der Waals surface area contributed by atoms with E-state index in [1.807, 2.05) is 0 Å². The van der Waals surface area contributed by atoms with Crippen molar-refractivity contribution in [1.82, 2.24) is 4.90 Å². The summed E-state index contributed by atoms with van der Waals surface area (Å²) in [5.74, 6) is 2.25. The van der Waals surface area contributed by atoms with E-state index >= 15 is 0 Å². The highest BCUT2D eigenvalue weighted by Gasteiger charge is 2.06. The molecular formula is C21H31NO. The molecule has 126 valence electrons. The Hall–Kier alpha value is -1.54. The van der Waals surface area contributed by atoms with Gasteiger partial charge in [-0.1, -0.05) is 57.0 Å². The van der Waals surface area contributed by atoms with Gasteiger partial charge in [0.15, 0.2) is 0 Å². The molecule has 0 unspecified atom stereocenters. The maximum absolute atomic E-state index is 5.95. The van der Waals surface area contributed by atoms with Gasteiger partial charge in [0.25, 0.3) is 0 Å². The molecule has 2 heteroatoms. The summed E-state index contributed by atoms with van der Waals surface area (Å²) in [5, 5.41) is 0. The highest BCUT2D eigenvalue weighted by atomic mass is 16.3. The van der Waals surface area contributed by atoms with Crippen molar-refractivity contribution in [1.29, 1.82) is 0 Å². The molecular weight excluding hydrogens is 282 g/mol. The summed E-state index contributed by atoms with van der Waals surface area (Å²) >= 11 is 0. The van der Waals surface area contributed by atoms with E-state index in [0.717, 1.165) is 37.6 Å². The second kappa shape index (κ2) is 10.3. The molecule has 0 aliphatic rings. The van der Waals surface area contributed by atoms with Gasteiger partial charge in [0.2, 0.25) is 0 Å². The average Bonchev–Trinajstić information content (AvgIpc) is 3.04. The number of benzene rings is 1. The Labute approximate surface area is 141 Å². The summed E-state index contributed by atoms with van der Waals surface area (Å²) < 4.78 is 5.95. The van der Waals surface area contributed by atoms with Crippen LogP contribution in [0.4, 0.5) is 0 Å². The summed E-state index contributed by atoms with van der Waals surface area (Å²) in [6.07, 6.45) is 7.39. The predicted octanol–water partition coefficient (Wildman–Crippen LogP) is 5.47. The van der Waals surface area contributed by atoms with Gasteiger partial charge in [-0.05, 0) is 50.0 Å². The van der Waals surface area contributed by atoms with E-state index in [2.05, 4.69) is 61.2 Å². The zero-order chi connectivity index (χ0) is 16.3. The molecule has 0 amide bonds. The van der Waals surface area contributed by atoms with Crippen LogP contribution in [0.1, 0.15) is 56.6 Å². The molecule has 1 aromatic heterocycles. The summed E-state index contributed by atoms with van der Waals surface area (Å²) in [7, 11) is 0. The Kier molecular flexibility index (Phi) is 7.96. The third-order valence-electron chi connectivity index (χ3n) is 4.47. The Morgan fingerprint density at radius 2 is 1.39 bits per heavy atom. The minimum absolute atomic E-state index is 0.935. The number of unbranched alkanes of at least 4 members (excludes halogenated alkanes) is 3. The van der Waals surface area contributed by atoms with Crippen molar-refractivity contribution in [3.8, 4) is 0 Å². The third kappa shape index (κ3) is 6.62. The van der Waals surface area contributed by atoms with E-state index in [1.165, 1.54) is 37.7 Å². The standard InChI is InChI=1S/C21H31NO/c1-3-22(4-2)18-21-17-16-20(23-21)15-11-6-5-8-12-19-13-9-7-10-14-19/h7,9-10,13-14,16-17H,3-6,8,11-12,15,18H2,1-2H3. The fourth-order valence-corrected chi connectivity index (χ4v) is 2.94.